The van der Waals surface area contributed by atoms with Gasteiger partial charge in [0.2, 0.25) is 0 Å². The number of carbonyl (C=O) groups is 4. The molecule has 0 bridgehead atoms. The van der Waals surface area contributed by atoms with E-state index in [0.29, 0.717) is 16.7 Å². The number of ether oxygens (including phenoxy) is 1. The van der Waals surface area contributed by atoms with Crippen LogP contribution in [0.5, 0.6) is 0 Å². The molecule has 0 radical (unpaired) electrons. The molecule has 7 heteroatoms. The lowest BCUT2D eigenvalue weighted by Gasteiger charge is -2.23. The molecule has 1 heterocycles. The number of nitrogens with zero attached hydrogens (tertiary/aromatic N) is 1. The highest BCUT2D eigenvalue weighted by atomic mass is 16.5. The fourth-order valence-electron chi connectivity index (χ4n) is 3.12. The number of benzene rings is 2. The first kappa shape index (κ1) is 21.2. The van der Waals surface area contributed by atoms with Crippen molar-refractivity contribution in [3.63, 3.8) is 0 Å². The van der Waals surface area contributed by atoms with E-state index in [0.717, 1.165) is 4.90 Å². The minimum Gasteiger partial charge on any atom is -0.449 e. The average Bonchev–Trinajstić information content (AvgIpc) is 2.92. The van der Waals surface area contributed by atoms with E-state index in [4.69, 9.17) is 4.74 Å². The molecule has 30 heavy (non-hydrogen) atoms. The molecule has 7 nitrogen and oxygen atoms in total. The van der Waals surface area contributed by atoms with Crippen molar-refractivity contribution in [1.29, 1.82) is 0 Å². The van der Waals surface area contributed by atoms with Gasteiger partial charge in [-0.15, -0.1) is 0 Å². The average molecular weight is 408 g/mol. The molecule has 1 atom stereocenters. The minimum atomic E-state index is -0.961. The number of hydrogen-bond donors (Lipinski definition) is 1. The molecule has 1 aliphatic rings. The van der Waals surface area contributed by atoms with Crippen LogP contribution in [0.4, 0.5) is 0 Å². The summed E-state index contributed by atoms with van der Waals surface area (Å²) >= 11 is 0. The van der Waals surface area contributed by atoms with E-state index < -0.39 is 23.5 Å². The molecule has 0 saturated carbocycles. The summed E-state index contributed by atoms with van der Waals surface area (Å²) < 4.78 is 5.26. The summed E-state index contributed by atoms with van der Waals surface area (Å²) in [6, 6.07) is 13.1. The summed E-state index contributed by atoms with van der Waals surface area (Å²) in [5.41, 5.74) is 1.14. The van der Waals surface area contributed by atoms with E-state index >= 15 is 0 Å². The fourth-order valence-corrected chi connectivity index (χ4v) is 3.12. The van der Waals surface area contributed by atoms with Gasteiger partial charge in [-0.2, -0.15) is 0 Å². The number of carbonyl (C=O) groups excluding carboxylic acids is 4. The van der Waals surface area contributed by atoms with E-state index in [-0.39, 0.29) is 23.9 Å². The quantitative estimate of drug-likeness (QED) is 0.607. The third-order valence-electron chi connectivity index (χ3n) is 4.53. The van der Waals surface area contributed by atoms with Gasteiger partial charge in [-0.3, -0.25) is 19.3 Å². The predicted molar refractivity (Wildman–Crippen MR) is 110 cm³/mol. The summed E-state index contributed by atoms with van der Waals surface area (Å²) in [6.07, 6.45) is -0.961. The Bertz CT molecular complexity index is 987. The van der Waals surface area contributed by atoms with Crippen LogP contribution in [0.25, 0.3) is 0 Å². The third-order valence-corrected chi connectivity index (χ3v) is 4.53. The van der Waals surface area contributed by atoms with Crippen molar-refractivity contribution in [3.8, 4) is 0 Å². The van der Waals surface area contributed by atoms with Gasteiger partial charge in [-0.1, -0.05) is 24.3 Å². The molecular formula is C23H24N2O5. The predicted octanol–water partition coefficient (Wildman–Crippen LogP) is 2.94. The van der Waals surface area contributed by atoms with Crippen molar-refractivity contribution in [2.24, 2.45) is 0 Å². The smallest absolute Gasteiger partial charge is 0.338 e. The van der Waals surface area contributed by atoms with Crippen molar-refractivity contribution in [2.75, 3.05) is 0 Å². The van der Waals surface area contributed by atoms with Crippen LogP contribution in [0.15, 0.2) is 48.5 Å². The second-order valence-electron chi connectivity index (χ2n) is 8.23. The van der Waals surface area contributed by atoms with Gasteiger partial charge in [-0.25, -0.2) is 4.79 Å². The highest BCUT2D eigenvalue weighted by Gasteiger charge is 2.35. The monoisotopic (exact) mass is 408 g/mol. The molecule has 3 amide bonds. The van der Waals surface area contributed by atoms with E-state index in [1.165, 1.54) is 6.92 Å². The Morgan fingerprint density at radius 2 is 1.60 bits per heavy atom. The van der Waals surface area contributed by atoms with Gasteiger partial charge in [0.05, 0.1) is 23.2 Å². The molecular weight excluding hydrogens is 384 g/mol. The first-order chi connectivity index (χ1) is 14.1. The van der Waals surface area contributed by atoms with Gasteiger partial charge in [-0.05, 0) is 57.5 Å². The molecule has 2 aromatic rings. The zero-order chi connectivity index (χ0) is 22.1. The van der Waals surface area contributed by atoms with Gasteiger partial charge in [0, 0.05) is 5.54 Å². The van der Waals surface area contributed by atoms with E-state index in [2.05, 4.69) is 5.32 Å². The number of hydrogen-bond acceptors (Lipinski definition) is 5. The zero-order valence-corrected chi connectivity index (χ0v) is 17.4. The van der Waals surface area contributed by atoms with Crippen molar-refractivity contribution >= 4 is 23.7 Å². The van der Waals surface area contributed by atoms with Crippen LogP contribution in [0.2, 0.25) is 0 Å². The van der Waals surface area contributed by atoms with Crippen LogP contribution in [-0.2, 0) is 16.1 Å². The Morgan fingerprint density at radius 3 is 2.17 bits per heavy atom. The second-order valence-corrected chi connectivity index (χ2v) is 8.23. The Morgan fingerprint density at radius 1 is 1.00 bits per heavy atom. The van der Waals surface area contributed by atoms with Gasteiger partial charge >= 0.3 is 5.97 Å². The van der Waals surface area contributed by atoms with Crippen molar-refractivity contribution in [3.05, 3.63) is 70.8 Å². The summed E-state index contributed by atoms with van der Waals surface area (Å²) in [7, 11) is 0. The number of fused-ring (bicyclic) bond motifs is 1. The Hall–Kier alpha value is -3.48. The van der Waals surface area contributed by atoms with E-state index in [1.54, 1.807) is 48.5 Å². The topological polar surface area (TPSA) is 92.8 Å². The van der Waals surface area contributed by atoms with Gasteiger partial charge in [0.15, 0.2) is 6.10 Å². The van der Waals surface area contributed by atoms with Crippen molar-refractivity contribution in [2.45, 2.75) is 45.9 Å². The van der Waals surface area contributed by atoms with Crippen molar-refractivity contribution < 1.29 is 23.9 Å². The van der Waals surface area contributed by atoms with E-state index in [1.807, 2.05) is 20.8 Å². The molecule has 0 spiro atoms. The molecule has 0 aliphatic carbocycles. The molecule has 0 saturated heterocycles. The molecule has 1 aliphatic heterocycles. The maximum Gasteiger partial charge on any atom is 0.338 e. The fraction of sp³-hybridized carbons (Fsp3) is 0.304. The maximum atomic E-state index is 12.5. The SMILES string of the molecule is CC(OC(=O)c1cccc(CN2C(=O)c3ccccc3C2=O)c1)C(=O)NC(C)(C)C. The first-order valence-corrected chi connectivity index (χ1v) is 9.64. The van der Waals surface area contributed by atoms with Crippen LogP contribution in [0.3, 0.4) is 0 Å². The van der Waals surface area contributed by atoms with Gasteiger partial charge in [0.25, 0.3) is 17.7 Å². The molecule has 1 unspecified atom stereocenters. The number of nitrogens with one attached hydrogen (secondary N) is 1. The third kappa shape index (κ3) is 4.56. The summed E-state index contributed by atoms with van der Waals surface area (Å²) in [5.74, 6) is -1.78. The Kier molecular flexibility index (Phi) is 5.73. The maximum absolute atomic E-state index is 12.5. The summed E-state index contributed by atoms with van der Waals surface area (Å²) in [6.45, 7) is 7.04. The second kappa shape index (κ2) is 8.10. The molecule has 2 aromatic carbocycles. The molecule has 3 rings (SSSR count). The lowest BCUT2D eigenvalue weighted by molar-refractivity contribution is -0.130. The molecule has 156 valence electrons. The zero-order valence-electron chi connectivity index (χ0n) is 17.4. The van der Waals surface area contributed by atoms with Crippen LogP contribution in [0, 0.1) is 0 Å². The van der Waals surface area contributed by atoms with Crippen molar-refractivity contribution in [1.82, 2.24) is 10.2 Å². The number of amides is 3. The molecule has 1 N–H and O–H groups in total. The Balaban J connectivity index is 1.70. The standard InChI is InChI=1S/C23H24N2O5/c1-14(19(26)24-23(2,3)4)30-22(29)16-9-7-8-15(12-16)13-25-20(27)17-10-5-6-11-18(17)21(25)28/h5-12,14H,13H2,1-4H3,(H,24,26). The van der Waals surface area contributed by atoms with Crippen LogP contribution < -0.4 is 5.32 Å². The lowest BCUT2D eigenvalue weighted by atomic mass is 10.1. The largest absolute Gasteiger partial charge is 0.449 e. The normalized spacial score (nSPS) is 14.3. The lowest BCUT2D eigenvalue weighted by Crippen LogP contribution is -2.46. The van der Waals surface area contributed by atoms with Gasteiger partial charge < -0.3 is 10.1 Å². The summed E-state index contributed by atoms with van der Waals surface area (Å²) in [4.78, 5) is 50.8. The van der Waals surface area contributed by atoms with Gasteiger partial charge in [0.1, 0.15) is 0 Å². The number of rotatable bonds is 5. The van der Waals surface area contributed by atoms with E-state index in [9.17, 15) is 19.2 Å². The molecule has 0 fully saturated rings. The van der Waals surface area contributed by atoms with Crippen LogP contribution in [-0.4, -0.2) is 40.2 Å². The molecule has 0 aromatic heterocycles. The minimum absolute atomic E-state index is 0.0352. The highest BCUT2D eigenvalue weighted by Crippen LogP contribution is 2.24. The number of imide groups is 1. The first-order valence-electron chi connectivity index (χ1n) is 9.64. The Labute approximate surface area is 175 Å². The highest BCUT2D eigenvalue weighted by molar-refractivity contribution is 6.21. The van der Waals surface area contributed by atoms with Crippen LogP contribution >= 0.6 is 0 Å². The summed E-state index contributed by atoms with van der Waals surface area (Å²) in [5, 5.41) is 2.76. The number of esters is 1. The van der Waals surface area contributed by atoms with Crippen LogP contribution in [0.1, 0.15) is 64.3 Å².